The number of rotatable bonds is 6. The monoisotopic (exact) mass is 363 g/mol. The molecule has 0 atom stereocenters. The highest BCUT2D eigenvalue weighted by molar-refractivity contribution is 5.76. The number of carbonyl (C=O) groups is 1. The van der Waals surface area contributed by atoms with Gasteiger partial charge in [-0.1, -0.05) is 30.3 Å². The zero-order valence-corrected chi connectivity index (χ0v) is 15.7. The summed E-state index contributed by atoms with van der Waals surface area (Å²) < 4.78 is 0. The molecule has 6 nitrogen and oxygen atoms in total. The molecule has 140 valence electrons. The molecule has 6 heteroatoms. The SMILES string of the molecule is CN(Cc1cn[nH]c1-c1ccccc1)C(=O)CCc1n[nH]c2c1CCCC2. The summed E-state index contributed by atoms with van der Waals surface area (Å²) in [6, 6.07) is 10.1. The standard InChI is InChI=1S/C21H25N5O/c1-26(14-16-13-22-25-21(16)15-7-3-2-4-8-15)20(27)12-11-19-17-9-5-6-10-18(17)23-24-19/h2-4,7-8,13H,5-6,9-12,14H2,1H3,(H,22,25)(H,23,24). The first-order chi connectivity index (χ1) is 13.2. The fourth-order valence-corrected chi connectivity index (χ4v) is 3.80. The molecule has 2 heterocycles. The molecule has 0 bridgehead atoms. The molecular weight excluding hydrogens is 338 g/mol. The summed E-state index contributed by atoms with van der Waals surface area (Å²) in [5.74, 6) is 0.128. The van der Waals surface area contributed by atoms with E-state index in [1.807, 2.05) is 37.4 Å². The highest BCUT2D eigenvalue weighted by Gasteiger charge is 2.19. The summed E-state index contributed by atoms with van der Waals surface area (Å²) in [5.41, 5.74) is 6.75. The van der Waals surface area contributed by atoms with Gasteiger partial charge in [-0.25, -0.2) is 0 Å². The summed E-state index contributed by atoms with van der Waals surface area (Å²) in [4.78, 5) is 14.4. The number of amides is 1. The van der Waals surface area contributed by atoms with Crippen LogP contribution in [-0.4, -0.2) is 38.2 Å². The predicted octanol–water partition coefficient (Wildman–Crippen LogP) is 3.27. The Labute approximate surface area is 159 Å². The van der Waals surface area contributed by atoms with Crippen LogP contribution in [0.25, 0.3) is 11.3 Å². The van der Waals surface area contributed by atoms with Gasteiger partial charge < -0.3 is 4.90 Å². The van der Waals surface area contributed by atoms with Crippen molar-refractivity contribution in [3.8, 4) is 11.3 Å². The minimum Gasteiger partial charge on any atom is -0.341 e. The van der Waals surface area contributed by atoms with Crippen molar-refractivity contribution in [2.45, 2.75) is 45.1 Å². The van der Waals surface area contributed by atoms with E-state index in [2.05, 4.69) is 20.4 Å². The largest absolute Gasteiger partial charge is 0.341 e. The zero-order chi connectivity index (χ0) is 18.6. The van der Waals surface area contributed by atoms with E-state index in [0.29, 0.717) is 19.4 Å². The van der Waals surface area contributed by atoms with Gasteiger partial charge in [-0.05, 0) is 36.8 Å². The van der Waals surface area contributed by atoms with Crippen molar-refractivity contribution >= 4 is 5.91 Å². The third-order valence-electron chi connectivity index (χ3n) is 5.33. The van der Waals surface area contributed by atoms with Gasteiger partial charge in [0.2, 0.25) is 5.91 Å². The molecule has 1 aliphatic carbocycles. The van der Waals surface area contributed by atoms with E-state index < -0.39 is 0 Å². The van der Waals surface area contributed by atoms with Crippen molar-refractivity contribution in [3.63, 3.8) is 0 Å². The van der Waals surface area contributed by atoms with Crippen LogP contribution in [0.1, 0.15) is 41.8 Å². The molecule has 0 saturated heterocycles. The Bertz CT molecular complexity index is 912. The Morgan fingerprint density at radius 3 is 2.81 bits per heavy atom. The number of carbonyl (C=O) groups excluding carboxylic acids is 1. The normalized spacial score (nSPS) is 13.4. The lowest BCUT2D eigenvalue weighted by Gasteiger charge is -2.17. The topological polar surface area (TPSA) is 77.7 Å². The molecule has 27 heavy (non-hydrogen) atoms. The summed E-state index contributed by atoms with van der Waals surface area (Å²) in [5, 5.41) is 14.8. The predicted molar refractivity (Wildman–Crippen MR) is 104 cm³/mol. The Kier molecular flexibility index (Phi) is 5.05. The molecule has 0 spiro atoms. The van der Waals surface area contributed by atoms with Crippen molar-refractivity contribution in [1.29, 1.82) is 0 Å². The van der Waals surface area contributed by atoms with Crippen LogP contribution in [0, 0.1) is 0 Å². The number of aromatic nitrogens is 4. The third kappa shape index (κ3) is 3.79. The first kappa shape index (κ1) is 17.5. The molecule has 0 radical (unpaired) electrons. The molecule has 4 rings (SSSR count). The van der Waals surface area contributed by atoms with Gasteiger partial charge in [0.1, 0.15) is 0 Å². The summed E-state index contributed by atoms with van der Waals surface area (Å²) in [7, 11) is 1.85. The summed E-state index contributed by atoms with van der Waals surface area (Å²) in [6.45, 7) is 0.540. The van der Waals surface area contributed by atoms with Crippen LogP contribution in [0.5, 0.6) is 0 Å². The maximum absolute atomic E-state index is 12.6. The Morgan fingerprint density at radius 2 is 1.96 bits per heavy atom. The minimum atomic E-state index is 0.128. The van der Waals surface area contributed by atoms with Crippen molar-refractivity contribution in [1.82, 2.24) is 25.3 Å². The Hall–Kier alpha value is -2.89. The molecule has 1 aliphatic rings. The molecule has 2 N–H and O–H groups in total. The summed E-state index contributed by atoms with van der Waals surface area (Å²) >= 11 is 0. The lowest BCUT2D eigenvalue weighted by Crippen LogP contribution is -2.26. The van der Waals surface area contributed by atoms with Gasteiger partial charge in [0.15, 0.2) is 0 Å². The van der Waals surface area contributed by atoms with Gasteiger partial charge in [-0.2, -0.15) is 10.2 Å². The number of hydrogen-bond donors (Lipinski definition) is 2. The number of fused-ring (bicyclic) bond motifs is 1. The molecule has 1 aromatic carbocycles. The van der Waals surface area contributed by atoms with Gasteiger partial charge in [-0.3, -0.25) is 15.0 Å². The van der Waals surface area contributed by atoms with Crippen LogP contribution in [0.15, 0.2) is 36.5 Å². The van der Waals surface area contributed by atoms with E-state index in [1.165, 1.54) is 24.1 Å². The third-order valence-corrected chi connectivity index (χ3v) is 5.33. The Morgan fingerprint density at radius 1 is 1.15 bits per heavy atom. The number of benzene rings is 1. The van der Waals surface area contributed by atoms with Crippen LogP contribution < -0.4 is 0 Å². The molecular formula is C21H25N5O. The van der Waals surface area contributed by atoms with E-state index in [-0.39, 0.29) is 5.91 Å². The molecule has 0 unspecified atom stereocenters. The fraction of sp³-hybridized carbons (Fsp3) is 0.381. The Balaban J connectivity index is 1.38. The van der Waals surface area contributed by atoms with E-state index in [1.54, 1.807) is 11.1 Å². The minimum absolute atomic E-state index is 0.128. The van der Waals surface area contributed by atoms with Gasteiger partial charge >= 0.3 is 0 Å². The number of H-pyrrole nitrogens is 2. The molecule has 3 aromatic rings. The average molecular weight is 363 g/mol. The van der Waals surface area contributed by atoms with E-state index in [4.69, 9.17) is 0 Å². The maximum Gasteiger partial charge on any atom is 0.223 e. The molecule has 0 saturated carbocycles. The first-order valence-corrected chi connectivity index (χ1v) is 9.59. The quantitative estimate of drug-likeness (QED) is 0.705. The molecule has 2 aromatic heterocycles. The summed E-state index contributed by atoms with van der Waals surface area (Å²) in [6.07, 6.45) is 7.59. The van der Waals surface area contributed by atoms with Crippen molar-refractivity contribution in [2.75, 3.05) is 7.05 Å². The first-order valence-electron chi connectivity index (χ1n) is 9.59. The van der Waals surface area contributed by atoms with E-state index >= 15 is 0 Å². The lowest BCUT2D eigenvalue weighted by atomic mass is 9.94. The van der Waals surface area contributed by atoms with Crippen LogP contribution in [0.2, 0.25) is 0 Å². The second-order valence-corrected chi connectivity index (χ2v) is 7.22. The highest BCUT2D eigenvalue weighted by Crippen LogP contribution is 2.24. The number of aryl methyl sites for hydroxylation is 2. The van der Waals surface area contributed by atoms with E-state index in [0.717, 1.165) is 35.4 Å². The van der Waals surface area contributed by atoms with Gasteiger partial charge in [0.05, 0.1) is 17.6 Å². The average Bonchev–Trinajstić information content (AvgIpc) is 3.33. The van der Waals surface area contributed by atoms with Crippen LogP contribution in [-0.2, 0) is 30.6 Å². The van der Waals surface area contributed by atoms with Crippen molar-refractivity contribution < 1.29 is 4.79 Å². The van der Waals surface area contributed by atoms with Crippen LogP contribution in [0.4, 0.5) is 0 Å². The van der Waals surface area contributed by atoms with Crippen molar-refractivity contribution in [2.24, 2.45) is 0 Å². The number of aromatic amines is 2. The lowest BCUT2D eigenvalue weighted by molar-refractivity contribution is -0.130. The zero-order valence-electron chi connectivity index (χ0n) is 15.7. The van der Waals surface area contributed by atoms with Gasteiger partial charge in [0, 0.05) is 37.7 Å². The molecule has 1 amide bonds. The smallest absolute Gasteiger partial charge is 0.223 e. The van der Waals surface area contributed by atoms with E-state index in [9.17, 15) is 4.79 Å². The number of nitrogens with one attached hydrogen (secondary N) is 2. The fourth-order valence-electron chi connectivity index (χ4n) is 3.80. The van der Waals surface area contributed by atoms with Gasteiger partial charge in [0.25, 0.3) is 0 Å². The van der Waals surface area contributed by atoms with Crippen molar-refractivity contribution in [3.05, 3.63) is 59.0 Å². The number of nitrogens with zero attached hydrogens (tertiary/aromatic N) is 3. The maximum atomic E-state index is 12.6. The second-order valence-electron chi connectivity index (χ2n) is 7.22. The van der Waals surface area contributed by atoms with Crippen LogP contribution in [0.3, 0.4) is 0 Å². The van der Waals surface area contributed by atoms with Gasteiger partial charge in [-0.15, -0.1) is 0 Å². The molecule has 0 aliphatic heterocycles. The number of hydrogen-bond acceptors (Lipinski definition) is 3. The highest BCUT2D eigenvalue weighted by atomic mass is 16.2. The second kappa shape index (κ2) is 7.78. The van der Waals surface area contributed by atoms with Crippen LogP contribution >= 0.6 is 0 Å². The molecule has 0 fully saturated rings.